The number of methoxy groups -OCH3 is 1. The number of carbonyl (C=O) groups excluding carboxylic acids is 1. The predicted molar refractivity (Wildman–Crippen MR) is 132 cm³/mol. The lowest BCUT2D eigenvalue weighted by Gasteiger charge is -2.30. The summed E-state index contributed by atoms with van der Waals surface area (Å²) in [4.78, 5) is 20.5. The van der Waals surface area contributed by atoms with Gasteiger partial charge in [0.25, 0.3) is 0 Å². The van der Waals surface area contributed by atoms with Crippen LogP contribution in [0.2, 0.25) is 0 Å². The van der Waals surface area contributed by atoms with Crippen molar-refractivity contribution in [2.75, 3.05) is 37.5 Å². The van der Waals surface area contributed by atoms with Crippen LogP contribution in [0.25, 0.3) is 0 Å². The molecule has 2 aromatic rings. The van der Waals surface area contributed by atoms with Crippen LogP contribution in [0.4, 0.5) is 42.8 Å². The second-order valence-electron chi connectivity index (χ2n) is 9.36. The van der Waals surface area contributed by atoms with Crippen LogP contribution in [0.3, 0.4) is 0 Å². The van der Waals surface area contributed by atoms with Crippen molar-refractivity contribution >= 4 is 17.7 Å². The standard InChI is InChI=1S/C26H32F6N4O2/c1-4-35(14-17-7-5-6-8-17)23-19(9-10-22(33-2)34-23)16-36(24(37)38-3)15-18-11-20(25(27,28)29)13-21(12-18)26(30,31)32/h9-13,17H,4-8,14-16H2,1-3H3,(H,33,34). The van der Waals surface area contributed by atoms with Crippen LogP contribution in [0.5, 0.6) is 0 Å². The van der Waals surface area contributed by atoms with Gasteiger partial charge in [0, 0.05) is 32.2 Å². The zero-order chi connectivity index (χ0) is 28.1. The Kier molecular flexibility index (Phi) is 9.37. The Bertz CT molecular complexity index is 1070. The Balaban J connectivity index is 1.98. The smallest absolute Gasteiger partial charge is 0.416 e. The molecule has 1 amide bonds. The van der Waals surface area contributed by atoms with Gasteiger partial charge in [-0.25, -0.2) is 9.78 Å². The predicted octanol–water partition coefficient (Wildman–Crippen LogP) is 6.95. The molecule has 1 fully saturated rings. The van der Waals surface area contributed by atoms with Crippen LogP contribution in [-0.2, 0) is 30.2 Å². The molecule has 1 aliphatic rings. The minimum Gasteiger partial charge on any atom is -0.453 e. The second-order valence-corrected chi connectivity index (χ2v) is 9.36. The topological polar surface area (TPSA) is 57.7 Å². The minimum absolute atomic E-state index is 0.0621. The number of aromatic nitrogens is 1. The number of amides is 1. The maximum absolute atomic E-state index is 13.4. The van der Waals surface area contributed by atoms with Crippen molar-refractivity contribution in [1.29, 1.82) is 0 Å². The summed E-state index contributed by atoms with van der Waals surface area (Å²) in [5.41, 5.74) is -2.61. The molecule has 0 atom stereocenters. The lowest BCUT2D eigenvalue weighted by molar-refractivity contribution is -0.143. The van der Waals surface area contributed by atoms with E-state index in [1.54, 1.807) is 19.2 Å². The Hall–Kier alpha value is -3.18. The van der Waals surface area contributed by atoms with Crippen LogP contribution in [0, 0.1) is 5.92 Å². The summed E-state index contributed by atoms with van der Waals surface area (Å²) < 4.78 is 85.1. The first kappa shape index (κ1) is 29.4. The Morgan fingerprint density at radius 1 is 1.03 bits per heavy atom. The molecule has 0 saturated heterocycles. The molecular weight excluding hydrogens is 514 g/mol. The van der Waals surface area contributed by atoms with Gasteiger partial charge in [-0.15, -0.1) is 0 Å². The van der Waals surface area contributed by atoms with Crippen LogP contribution >= 0.6 is 0 Å². The Labute approximate surface area is 218 Å². The minimum atomic E-state index is -4.99. The lowest BCUT2D eigenvalue weighted by atomic mass is 10.0. The SMILES string of the molecule is CCN(CC1CCCC1)c1nc(NC)ccc1CN(Cc1cc(C(F)(F)F)cc(C(F)(F)F)c1)C(=O)OC. The third-order valence-electron chi connectivity index (χ3n) is 6.66. The van der Waals surface area contributed by atoms with Gasteiger partial charge in [0.2, 0.25) is 0 Å². The molecule has 0 bridgehead atoms. The maximum Gasteiger partial charge on any atom is 0.416 e. The van der Waals surface area contributed by atoms with Gasteiger partial charge >= 0.3 is 18.4 Å². The van der Waals surface area contributed by atoms with Crippen molar-refractivity contribution < 1.29 is 35.9 Å². The number of hydrogen-bond donors (Lipinski definition) is 1. The first-order chi connectivity index (χ1) is 17.8. The number of anilines is 2. The van der Waals surface area contributed by atoms with E-state index >= 15 is 0 Å². The van der Waals surface area contributed by atoms with Crippen molar-refractivity contribution in [2.45, 2.75) is 58.0 Å². The molecule has 1 N–H and O–H groups in total. The summed E-state index contributed by atoms with van der Waals surface area (Å²) in [6.45, 7) is 2.71. The number of nitrogens with one attached hydrogen (secondary N) is 1. The molecule has 1 saturated carbocycles. The quantitative estimate of drug-likeness (QED) is 0.345. The summed E-state index contributed by atoms with van der Waals surface area (Å²) in [6, 6.07) is 4.74. The monoisotopic (exact) mass is 546 g/mol. The van der Waals surface area contributed by atoms with E-state index in [0.717, 1.165) is 44.2 Å². The van der Waals surface area contributed by atoms with Crippen molar-refractivity contribution in [3.05, 3.63) is 52.6 Å². The highest BCUT2D eigenvalue weighted by Gasteiger charge is 2.37. The first-order valence-corrected chi connectivity index (χ1v) is 12.4. The zero-order valence-corrected chi connectivity index (χ0v) is 21.5. The highest BCUT2D eigenvalue weighted by molar-refractivity contribution is 5.68. The molecule has 0 unspecified atom stereocenters. The normalized spacial score (nSPS) is 14.4. The van der Waals surface area contributed by atoms with Crippen LogP contribution < -0.4 is 10.2 Å². The molecule has 210 valence electrons. The molecule has 0 spiro atoms. The maximum atomic E-state index is 13.4. The molecule has 0 aliphatic heterocycles. The van der Waals surface area contributed by atoms with Gasteiger partial charge in [0.15, 0.2) is 0 Å². The van der Waals surface area contributed by atoms with Crippen LogP contribution in [0.15, 0.2) is 30.3 Å². The summed E-state index contributed by atoms with van der Waals surface area (Å²) in [5, 5.41) is 2.98. The third-order valence-corrected chi connectivity index (χ3v) is 6.66. The molecular formula is C26H32F6N4O2. The number of carbonyl (C=O) groups is 1. The van der Waals surface area contributed by atoms with E-state index in [0.29, 0.717) is 41.8 Å². The van der Waals surface area contributed by atoms with Gasteiger partial charge in [-0.1, -0.05) is 12.8 Å². The zero-order valence-electron chi connectivity index (χ0n) is 21.5. The van der Waals surface area contributed by atoms with E-state index in [1.165, 1.54) is 0 Å². The van der Waals surface area contributed by atoms with Crippen molar-refractivity contribution in [3.63, 3.8) is 0 Å². The molecule has 1 heterocycles. The van der Waals surface area contributed by atoms with E-state index in [4.69, 9.17) is 4.74 Å². The number of benzene rings is 1. The molecule has 1 aliphatic carbocycles. The van der Waals surface area contributed by atoms with Crippen molar-refractivity contribution in [3.8, 4) is 0 Å². The van der Waals surface area contributed by atoms with E-state index in [-0.39, 0.29) is 18.2 Å². The molecule has 1 aromatic heterocycles. The fourth-order valence-electron chi connectivity index (χ4n) is 4.73. The number of rotatable bonds is 9. The number of hydrogen-bond acceptors (Lipinski definition) is 5. The van der Waals surface area contributed by atoms with Crippen molar-refractivity contribution in [2.24, 2.45) is 5.92 Å². The molecule has 1 aromatic carbocycles. The number of nitrogens with zero attached hydrogens (tertiary/aromatic N) is 3. The molecule has 12 heteroatoms. The first-order valence-electron chi connectivity index (χ1n) is 12.4. The van der Waals surface area contributed by atoms with E-state index in [1.807, 2.05) is 6.92 Å². The van der Waals surface area contributed by atoms with Gasteiger partial charge in [-0.3, -0.25) is 4.90 Å². The second kappa shape index (κ2) is 12.1. The van der Waals surface area contributed by atoms with Gasteiger partial charge in [-0.2, -0.15) is 26.3 Å². The van der Waals surface area contributed by atoms with E-state index < -0.39 is 36.1 Å². The number of alkyl halides is 6. The summed E-state index contributed by atoms with van der Waals surface area (Å²) >= 11 is 0. The van der Waals surface area contributed by atoms with Gasteiger partial charge < -0.3 is 15.0 Å². The van der Waals surface area contributed by atoms with Gasteiger partial charge in [0.05, 0.1) is 24.8 Å². The van der Waals surface area contributed by atoms with E-state index in [2.05, 4.69) is 15.2 Å². The lowest BCUT2D eigenvalue weighted by Crippen LogP contribution is -2.33. The van der Waals surface area contributed by atoms with Crippen LogP contribution in [0.1, 0.15) is 54.9 Å². The number of ether oxygens (including phenoxy) is 1. The molecule has 3 rings (SSSR count). The number of pyridine rings is 1. The largest absolute Gasteiger partial charge is 0.453 e. The molecule has 6 nitrogen and oxygen atoms in total. The van der Waals surface area contributed by atoms with Gasteiger partial charge in [-0.05, 0) is 61.6 Å². The highest BCUT2D eigenvalue weighted by Crippen LogP contribution is 2.37. The summed E-state index contributed by atoms with van der Waals surface area (Å²) in [6.07, 6.45) is -6.36. The Morgan fingerprint density at radius 2 is 1.63 bits per heavy atom. The average Bonchev–Trinajstić information content (AvgIpc) is 3.38. The molecule has 38 heavy (non-hydrogen) atoms. The van der Waals surface area contributed by atoms with Crippen molar-refractivity contribution in [1.82, 2.24) is 9.88 Å². The van der Waals surface area contributed by atoms with Gasteiger partial charge in [0.1, 0.15) is 11.6 Å². The highest BCUT2D eigenvalue weighted by atomic mass is 19.4. The summed E-state index contributed by atoms with van der Waals surface area (Å²) in [7, 11) is 2.82. The summed E-state index contributed by atoms with van der Waals surface area (Å²) in [5.74, 6) is 1.68. The number of halogens is 6. The fraction of sp³-hybridized carbons (Fsp3) is 0.538. The molecule has 0 radical (unpaired) electrons. The van der Waals surface area contributed by atoms with Crippen LogP contribution in [-0.4, -0.2) is 43.2 Å². The average molecular weight is 547 g/mol. The fourth-order valence-corrected chi connectivity index (χ4v) is 4.73. The third kappa shape index (κ3) is 7.44. The van der Waals surface area contributed by atoms with E-state index in [9.17, 15) is 31.1 Å². The Morgan fingerprint density at radius 3 is 2.13 bits per heavy atom.